The molecule has 3 heteroatoms. The summed E-state index contributed by atoms with van der Waals surface area (Å²) in [4.78, 5) is 1.24. The Labute approximate surface area is 95.0 Å². The first-order valence-corrected chi connectivity index (χ1v) is 6.22. The maximum atomic E-state index is 5.92. The van der Waals surface area contributed by atoms with Crippen LogP contribution in [0.4, 0.5) is 0 Å². The van der Waals surface area contributed by atoms with Crippen LogP contribution in [-0.2, 0) is 0 Å². The Bertz CT molecular complexity index is 260. The van der Waals surface area contributed by atoms with Crippen LogP contribution in [0.3, 0.4) is 0 Å². The lowest BCUT2D eigenvalue weighted by Crippen LogP contribution is -2.22. The highest BCUT2D eigenvalue weighted by Crippen LogP contribution is 2.21. The molecule has 0 aliphatic rings. The van der Waals surface area contributed by atoms with Gasteiger partial charge in [-0.25, -0.2) is 0 Å². The molecular formula is C11H16ClNS. The number of halogens is 1. The summed E-state index contributed by atoms with van der Waals surface area (Å²) < 4.78 is 0. The molecule has 0 aliphatic carbocycles. The Morgan fingerprint density at radius 1 is 1.36 bits per heavy atom. The second kappa shape index (κ2) is 6.33. The summed E-state index contributed by atoms with van der Waals surface area (Å²) in [6, 6.07) is 8.20. The zero-order valence-corrected chi connectivity index (χ0v) is 9.94. The first-order valence-electron chi connectivity index (χ1n) is 4.86. The third kappa shape index (κ3) is 4.36. The molecule has 78 valence electrons. The van der Waals surface area contributed by atoms with E-state index in [1.807, 2.05) is 24.3 Å². The molecule has 1 aromatic rings. The topological polar surface area (TPSA) is 26.0 Å². The monoisotopic (exact) mass is 229 g/mol. The van der Waals surface area contributed by atoms with Gasteiger partial charge in [-0.15, -0.1) is 11.8 Å². The van der Waals surface area contributed by atoms with Gasteiger partial charge in [0.2, 0.25) is 0 Å². The first kappa shape index (κ1) is 11.9. The van der Waals surface area contributed by atoms with Crippen molar-refractivity contribution in [1.29, 1.82) is 0 Å². The first-order chi connectivity index (χ1) is 6.72. The molecule has 0 aliphatic heterocycles. The summed E-state index contributed by atoms with van der Waals surface area (Å²) >= 11 is 7.58. The van der Waals surface area contributed by atoms with Gasteiger partial charge in [0.25, 0.3) is 0 Å². The standard InChI is InChI=1S/C11H16ClNS/c1-2-3-10(13)8-14-11-6-4-9(12)5-7-11/h4-7,10H,2-3,8,13H2,1H3/t10-/m1/s1. The highest BCUT2D eigenvalue weighted by Gasteiger charge is 2.01. The Morgan fingerprint density at radius 3 is 2.57 bits per heavy atom. The van der Waals surface area contributed by atoms with Crippen LogP contribution in [0.15, 0.2) is 29.2 Å². The number of hydrogen-bond acceptors (Lipinski definition) is 2. The zero-order chi connectivity index (χ0) is 10.4. The van der Waals surface area contributed by atoms with E-state index in [9.17, 15) is 0 Å². The molecular weight excluding hydrogens is 214 g/mol. The fraction of sp³-hybridized carbons (Fsp3) is 0.455. The van der Waals surface area contributed by atoms with E-state index in [2.05, 4.69) is 6.92 Å². The minimum Gasteiger partial charge on any atom is -0.327 e. The SMILES string of the molecule is CCC[C@@H](N)CSc1ccc(Cl)cc1. The Kier molecular flexibility index (Phi) is 5.38. The molecule has 2 N–H and O–H groups in total. The van der Waals surface area contributed by atoms with E-state index in [1.54, 1.807) is 11.8 Å². The molecule has 1 aromatic carbocycles. The molecule has 0 amide bonds. The van der Waals surface area contributed by atoms with Gasteiger partial charge in [0.1, 0.15) is 0 Å². The minimum atomic E-state index is 0.306. The second-order valence-corrected chi connectivity index (χ2v) is 4.84. The maximum absolute atomic E-state index is 5.92. The number of hydrogen-bond donors (Lipinski definition) is 1. The van der Waals surface area contributed by atoms with E-state index < -0.39 is 0 Å². The van der Waals surface area contributed by atoms with E-state index in [-0.39, 0.29) is 0 Å². The van der Waals surface area contributed by atoms with Gasteiger partial charge >= 0.3 is 0 Å². The molecule has 0 bridgehead atoms. The van der Waals surface area contributed by atoms with Crippen LogP contribution in [0, 0.1) is 0 Å². The Morgan fingerprint density at radius 2 is 2.00 bits per heavy atom. The third-order valence-electron chi connectivity index (χ3n) is 1.94. The molecule has 0 fully saturated rings. The van der Waals surface area contributed by atoms with Gasteiger partial charge in [-0.3, -0.25) is 0 Å². The number of rotatable bonds is 5. The van der Waals surface area contributed by atoms with Crippen LogP contribution in [0.1, 0.15) is 19.8 Å². The average Bonchev–Trinajstić information content (AvgIpc) is 2.17. The fourth-order valence-corrected chi connectivity index (χ4v) is 2.22. The van der Waals surface area contributed by atoms with Gasteiger partial charge in [0.15, 0.2) is 0 Å². The number of thioether (sulfide) groups is 1. The molecule has 0 saturated heterocycles. The summed E-state index contributed by atoms with van der Waals surface area (Å²) in [6.45, 7) is 2.16. The summed E-state index contributed by atoms with van der Waals surface area (Å²) in [5.74, 6) is 0.982. The normalized spacial score (nSPS) is 12.8. The molecule has 0 aromatic heterocycles. The summed E-state index contributed by atoms with van der Waals surface area (Å²) in [5.41, 5.74) is 5.92. The van der Waals surface area contributed by atoms with Crippen molar-refractivity contribution in [2.75, 3.05) is 5.75 Å². The third-order valence-corrected chi connectivity index (χ3v) is 3.39. The van der Waals surface area contributed by atoms with Crippen molar-refractivity contribution in [3.05, 3.63) is 29.3 Å². The van der Waals surface area contributed by atoms with Gasteiger partial charge in [0.05, 0.1) is 0 Å². The van der Waals surface area contributed by atoms with Crippen LogP contribution < -0.4 is 5.73 Å². The van der Waals surface area contributed by atoms with Crippen LogP contribution in [0.2, 0.25) is 5.02 Å². The Balaban J connectivity index is 2.34. The van der Waals surface area contributed by atoms with Crippen molar-refractivity contribution in [1.82, 2.24) is 0 Å². The predicted octanol–water partition coefficient (Wildman–Crippen LogP) is 3.56. The van der Waals surface area contributed by atoms with Crippen LogP contribution in [-0.4, -0.2) is 11.8 Å². The van der Waals surface area contributed by atoms with Crippen molar-refractivity contribution in [3.8, 4) is 0 Å². The molecule has 1 rings (SSSR count). The molecule has 0 spiro atoms. The smallest absolute Gasteiger partial charge is 0.0406 e. The summed E-state index contributed by atoms with van der Waals surface area (Å²) in [7, 11) is 0. The van der Waals surface area contributed by atoms with Crippen molar-refractivity contribution < 1.29 is 0 Å². The summed E-state index contributed by atoms with van der Waals surface area (Å²) in [6.07, 6.45) is 2.25. The molecule has 1 nitrogen and oxygen atoms in total. The van der Waals surface area contributed by atoms with Gasteiger partial charge in [-0.1, -0.05) is 24.9 Å². The molecule has 14 heavy (non-hydrogen) atoms. The van der Waals surface area contributed by atoms with Crippen molar-refractivity contribution in [3.63, 3.8) is 0 Å². The number of benzene rings is 1. The maximum Gasteiger partial charge on any atom is 0.0406 e. The lowest BCUT2D eigenvalue weighted by Gasteiger charge is -2.09. The highest BCUT2D eigenvalue weighted by molar-refractivity contribution is 7.99. The Hall–Kier alpha value is -0.180. The average molecular weight is 230 g/mol. The minimum absolute atomic E-state index is 0.306. The van der Waals surface area contributed by atoms with Crippen LogP contribution in [0.5, 0.6) is 0 Å². The molecule has 0 saturated carbocycles. The van der Waals surface area contributed by atoms with Gasteiger partial charge in [-0.05, 0) is 30.7 Å². The zero-order valence-electron chi connectivity index (χ0n) is 8.37. The van der Waals surface area contributed by atoms with E-state index in [0.29, 0.717) is 6.04 Å². The molecule has 1 atom stereocenters. The molecule has 0 unspecified atom stereocenters. The number of nitrogens with two attached hydrogens (primary N) is 1. The lowest BCUT2D eigenvalue weighted by molar-refractivity contribution is 0.661. The quantitative estimate of drug-likeness (QED) is 0.782. The lowest BCUT2D eigenvalue weighted by atomic mass is 10.2. The van der Waals surface area contributed by atoms with Gasteiger partial charge in [0, 0.05) is 21.7 Å². The van der Waals surface area contributed by atoms with Crippen LogP contribution in [0.25, 0.3) is 0 Å². The van der Waals surface area contributed by atoms with Crippen molar-refractivity contribution in [2.45, 2.75) is 30.7 Å². The molecule has 0 radical (unpaired) electrons. The van der Waals surface area contributed by atoms with Crippen molar-refractivity contribution >= 4 is 23.4 Å². The second-order valence-electron chi connectivity index (χ2n) is 3.31. The predicted molar refractivity (Wildman–Crippen MR) is 65.1 cm³/mol. The van der Waals surface area contributed by atoms with E-state index >= 15 is 0 Å². The van der Waals surface area contributed by atoms with E-state index in [1.165, 1.54) is 4.90 Å². The highest BCUT2D eigenvalue weighted by atomic mass is 35.5. The fourth-order valence-electron chi connectivity index (χ4n) is 1.19. The summed E-state index contributed by atoms with van der Waals surface area (Å²) in [5, 5.41) is 0.784. The largest absolute Gasteiger partial charge is 0.327 e. The van der Waals surface area contributed by atoms with Crippen LogP contribution >= 0.6 is 23.4 Å². The van der Waals surface area contributed by atoms with E-state index in [4.69, 9.17) is 17.3 Å². The van der Waals surface area contributed by atoms with Gasteiger partial charge in [-0.2, -0.15) is 0 Å². The van der Waals surface area contributed by atoms with Gasteiger partial charge < -0.3 is 5.73 Å². The van der Waals surface area contributed by atoms with E-state index in [0.717, 1.165) is 23.6 Å². The van der Waals surface area contributed by atoms with Crippen molar-refractivity contribution in [2.24, 2.45) is 5.73 Å². The molecule has 0 heterocycles.